The van der Waals surface area contributed by atoms with E-state index >= 15 is 0 Å². The molecule has 1 unspecified atom stereocenters. The normalized spacial score (nSPS) is 12.5. The van der Waals surface area contributed by atoms with E-state index in [1.54, 1.807) is 0 Å². The molecule has 3 N–H and O–H groups in total. The molecule has 126 valence electrons. The molecule has 0 saturated carbocycles. The summed E-state index contributed by atoms with van der Waals surface area (Å²) in [7, 11) is 0. The SMILES string of the molecule is CCCC(CCO)CNC(=NCc1ccc(C#N)cc1)NCC. The van der Waals surface area contributed by atoms with Gasteiger partial charge in [0.1, 0.15) is 0 Å². The smallest absolute Gasteiger partial charge is 0.191 e. The van der Waals surface area contributed by atoms with Crippen LogP contribution in [-0.4, -0.2) is 30.8 Å². The molecule has 0 bridgehead atoms. The van der Waals surface area contributed by atoms with Gasteiger partial charge < -0.3 is 15.7 Å². The Balaban J connectivity index is 2.59. The van der Waals surface area contributed by atoms with Crippen molar-refractivity contribution in [2.45, 2.75) is 39.7 Å². The lowest BCUT2D eigenvalue weighted by molar-refractivity contribution is 0.251. The molecule has 1 aromatic rings. The fourth-order valence-corrected chi connectivity index (χ4v) is 2.38. The van der Waals surface area contributed by atoms with E-state index in [-0.39, 0.29) is 6.61 Å². The zero-order valence-corrected chi connectivity index (χ0v) is 14.2. The van der Waals surface area contributed by atoms with Crippen molar-refractivity contribution in [1.29, 1.82) is 5.26 Å². The van der Waals surface area contributed by atoms with E-state index in [0.29, 0.717) is 18.0 Å². The third-order valence-electron chi connectivity index (χ3n) is 3.64. The molecule has 0 aliphatic heterocycles. The van der Waals surface area contributed by atoms with Gasteiger partial charge in [0.05, 0.1) is 18.2 Å². The highest BCUT2D eigenvalue weighted by Crippen LogP contribution is 2.09. The van der Waals surface area contributed by atoms with E-state index in [4.69, 9.17) is 10.4 Å². The van der Waals surface area contributed by atoms with Crippen LogP contribution in [-0.2, 0) is 6.54 Å². The Hall–Kier alpha value is -2.06. The molecule has 1 aromatic carbocycles. The van der Waals surface area contributed by atoms with Crippen molar-refractivity contribution in [3.8, 4) is 6.07 Å². The number of hydrogen-bond donors (Lipinski definition) is 3. The van der Waals surface area contributed by atoms with Crippen molar-refractivity contribution in [3.05, 3.63) is 35.4 Å². The average molecular weight is 316 g/mol. The fraction of sp³-hybridized carbons (Fsp3) is 0.556. The van der Waals surface area contributed by atoms with E-state index in [0.717, 1.165) is 43.9 Å². The van der Waals surface area contributed by atoms with Crippen molar-refractivity contribution in [2.24, 2.45) is 10.9 Å². The Bertz CT molecular complexity index is 499. The van der Waals surface area contributed by atoms with Crippen LogP contribution in [0.4, 0.5) is 0 Å². The first-order chi connectivity index (χ1) is 11.2. The van der Waals surface area contributed by atoms with Gasteiger partial charge in [-0.25, -0.2) is 4.99 Å². The summed E-state index contributed by atoms with van der Waals surface area (Å²) in [5.74, 6) is 1.25. The lowest BCUT2D eigenvalue weighted by Gasteiger charge is -2.18. The van der Waals surface area contributed by atoms with Crippen LogP contribution in [0.15, 0.2) is 29.3 Å². The van der Waals surface area contributed by atoms with Crippen LogP contribution in [0.3, 0.4) is 0 Å². The van der Waals surface area contributed by atoms with Gasteiger partial charge in [-0.15, -0.1) is 0 Å². The number of rotatable bonds is 9. The van der Waals surface area contributed by atoms with Crippen LogP contribution in [0, 0.1) is 17.2 Å². The summed E-state index contributed by atoms with van der Waals surface area (Å²) in [6.07, 6.45) is 3.03. The van der Waals surface area contributed by atoms with E-state index in [1.807, 2.05) is 31.2 Å². The van der Waals surface area contributed by atoms with Gasteiger partial charge in [0.2, 0.25) is 0 Å². The van der Waals surface area contributed by atoms with Gasteiger partial charge in [-0.1, -0.05) is 25.5 Å². The van der Waals surface area contributed by atoms with Crippen molar-refractivity contribution in [2.75, 3.05) is 19.7 Å². The Labute approximate surface area is 139 Å². The zero-order chi connectivity index (χ0) is 16.9. The largest absolute Gasteiger partial charge is 0.396 e. The average Bonchev–Trinajstić information content (AvgIpc) is 2.58. The topological polar surface area (TPSA) is 80.4 Å². The number of guanidine groups is 1. The van der Waals surface area contributed by atoms with Crippen LogP contribution >= 0.6 is 0 Å². The fourth-order valence-electron chi connectivity index (χ4n) is 2.38. The van der Waals surface area contributed by atoms with Gasteiger partial charge in [-0.3, -0.25) is 0 Å². The van der Waals surface area contributed by atoms with Gasteiger partial charge in [0.15, 0.2) is 5.96 Å². The maximum Gasteiger partial charge on any atom is 0.191 e. The molecule has 0 amide bonds. The molecule has 5 heteroatoms. The first-order valence-electron chi connectivity index (χ1n) is 8.35. The van der Waals surface area contributed by atoms with E-state index in [9.17, 15) is 0 Å². The maximum atomic E-state index is 9.13. The van der Waals surface area contributed by atoms with Gasteiger partial charge >= 0.3 is 0 Å². The van der Waals surface area contributed by atoms with Crippen LogP contribution in [0.1, 0.15) is 44.2 Å². The third kappa shape index (κ3) is 7.66. The van der Waals surface area contributed by atoms with E-state index in [1.165, 1.54) is 0 Å². The number of aliphatic hydroxyl groups excluding tert-OH is 1. The number of nitrogens with zero attached hydrogens (tertiary/aromatic N) is 2. The second-order valence-corrected chi connectivity index (χ2v) is 5.55. The number of benzene rings is 1. The van der Waals surface area contributed by atoms with E-state index < -0.39 is 0 Å². The molecule has 0 saturated heterocycles. The molecule has 1 rings (SSSR count). The van der Waals surface area contributed by atoms with Gasteiger partial charge in [0, 0.05) is 19.7 Å². The molecule has 0 radical (unpaired) electrons. The highest BCUT2D eigenvalue weighted by molar-refractivity contribution is 5.79. The summed E-state index contributed by atoms with van der Waals surface area (Å²) >= 11 is 0. The Morgan fingerprint density at radius 1 is 1.22 bits per heavy atom. The third-order valence-corrected chi connectivity index (χ3v) is 3.64. The number of nitriles is 1. The lowest BCUT2D eigenvalue weighted by atomic mass is 10.0. The minimum atomic E-state index is 0.227. The van der Waals surface area contributed by atoms with Crippen LogP contribution in [0.2, 0.25) is 0 Å². The molecule has 0 fully saturated rings. The van der Waals surface area contributed by atoms with Crippen molar-refractivity contribution in [1.82, 2.24) is 10.6 Å². The molecule has 1 atom stereocenters. The second kappa shape index (κ2) is 11.5. The highest BCUT2D eigenvalue weighted by Gasteiger charge is 2.08. The molecule has 0 aliphatic carbocycles. The predicted molar refractivity (Wildman–Crippen MR) is 94.1 cm³/mol. The molecule has 0 heterocycles. The number of hydrogen-bond acceptors (Lipinski definition) is 3. The molecule has 23 heavy (non-hydrogen) atoms. The first kappa shape index (κ1) is 19.0. The summed E-state index contributed by atoms with van der Waals surface area (Å²) < 4.78 is 0. The van der Waals surface area contributed by atoms with Crippen LogP contribution in [0.5, 0.6) is 0 Å². The van der Waals surface area contributed by atoms with Crippen LogP contribution < -0.4 is 10.6 Å². The minimum absolute atomic E-state index is 0.227. The number of aliphatic imine (C=N–C) groups is 1. The summed E-state index contributed by atoms with van der Waals surface area (Å²) in [5, 5.41) is 24.5. The molecular weight excluding hydrogens is 288 g/mol. The molecule has 5 nitrogen and oxygen atoms in total. The lowest BCUT2D eigenvalue weighted by Crippen LogP contribution is -2.40. The zero-order valence-electron chi connectivity index (χ0n) is 14.2. The van der Waals surface area contributed by atoms with Crippen molar-refractivity contribution in [3.63, 3.8) is 0 Å². The predicted octanol–water partition coefficient (Wildman–Crippen LogP) is 2.41. The Kier molecular flexibility index (Phi) is 9.49. The van der Waals surface area contributed by atoms with Crippen LogP contribution in [0.25, 0.3) is 0 Å². The number of aliphatic hydroxyl groups is 1. The maximum absolute atomic E-state index is 9.13. The number of nitrogens with one attached hydrogen (secondary N) is 2. The quantitative estimate of drug-likeness (QED) is 0.483. The highest BCUT2D eigenvalue weighted by atomic mass is 16.3. The van der Waals surface area contributed by atoms with Gasteiger partial charge in [0.25, 0.3) is 0 Å². The molecule has 0 spiro atoms. The second-order valence-electron chi connectivity index (χ2n) is 5.55. The standard InChI is InChI=1S/C18H28N4O/c1-3-5-16(10-11-23)13-21-18(20-4-2)22-14-17-8-6-15(12-19)7-9-17/h6-9,16,23H,3-5,10-11,13-14H2,1-2H3,(H2,20,21,22). The first-order valence-corrected chi connectivity index (χ1v) is 8.35. The van der Waals surface area contributed by atoms with Gasteiger partial charge in [-0.2, -0.15) is 5.26 Å². The summed E-state index contributed by atoms with van der Waals surface area (Å²) in [6.45, 7) is 6.61. The Morgan fingerprint density at radius 3 is 2.52 bits per heavy atom. The minimum Gasteiger partial charge on any atom is -0.396 e. The van der Waals surface area contributed by atoms with Gasteiger partial charge in [-0.05, 0) is 43.4 Å². The summed E-state index contributed by atoms with van der Waals surface area (Å²) in [5.41, 5.74) is 1.73. The molecule has 0 aliphatic rings. The van der Waals surface area contributed by atoms with E-state index in [2.05, 4.69) is 28.6 Å². The molecule has 0 aromatic heterocycles. The summed E-state index contributed by atoms with van der Waals surface area (Å²) in [4.78, 5) is 4.58. The Morgan fingerprint density at radius 2 is 1.96 bits per heavy atom. The monoisotopic (exact) mass is 316 g/mol. The summed E-state index contributed by atoms with van der Waals surface area (Å²) in [6, 6.07) is 9.59. The van der Waals surface area contributed by atoms with Crippen molar-refractivity contribution >= 4 is 5.96 Å². The molecular formula is C18H28N4O. The van der Waals surface area contributed by atoms with Crippen molar-refractivity contribution < 1.29 is 5.11 Å².